The van der Waals surface area contributed by atoms with Crippen molar-refractivity contribution < 1.29 is 19.1 Å². The third-order valence-corrected chi connectivity index (χ3v) is 5.77. The fraction of sp³-hybridized carbons (Fsp3) is 0.185. The Hall–Kier alpha value is -4.66. The van der Waals surface area contributed by atoms with E-state index < -0.39 is 5.97 Å². The molecule has 36 heavy (non-hydrogen) atoms. The van der Waals surface area contributed by atoms with E-state index in [1.165, 1.54) is 7.11 Å². The zero-order valence-electron chi connectivity index (χ0n) is 20.5. The van der Waals surface area contributed by atoms with Crippen LogP contribution in [0.25, 0.3) is 11.0 Å². The number of methoxy groups -OCH3 is 1. The Morgan fingerprint density at radius 2 is 1.75 bits per heavy atom. The van der Waals surface area contributed by atoms with Gasteiger partial charge in [-0.05, 0) is 66.6 Å². The number of H-pyrrole nitrogens is 1. The van der Waals surface area contributed by atoms with Crippen LogP contribution in [0.4, 0.5) is 11.4 Å². The van der Waals surface area contributed by atoms with Crippen LogP contribution in [0.5, 0.6) is 0 Å². The van der Waals surface area contributed by atoms with Crippen molar-refractivity contribution in [2.75, 3.05) is 31.4 Å². The monoisotopic (exact) mass is 485 g/mol. The van der Waals surface area contributed by atoms with E-state index in [1.807, 2.05) is 44.1 Å². The molecule has 4 aromatic rings. The summed E-state index contributed by atoms with van der Waals surface area (Å²) in [5.74, 6) is -1.01. The number of hydrogen-bond acceptors (Lipinski definition) is 6. The second-order valence-corrected chi connectivity index (χ2v) is 8.56. The van der Waals surface area contributed by atoms with Gasteiger partial charge >= 0.3 is 5.97 Å². The van der Waals surface area contributed by atoms with E-state index in [-0.39, 0.29) is 18.4 Å². The summed E-state index contributed by atoms with van der Waals surface area (Å²) in [6.07, 6.45) is 1.63. The maximum Gasteiger partial charge on any atom is 0.354 e. The van der Waals surface area contributed by atoms with Gasteiger partial charge in [-0.3, -0.25) is 9.59 Å². The maximum atomic E-state index is 12.9. The number of carbonyl (C=O) groups excluding carboxylic acids is 3. The lowest BCUT2D eigenvalue weighted by Crippen LogP contribution is -2.24. The number of carbonyl (C=O) groups is 3. The van der Waals surface area contributed by atoms with E-state index >= 15 is 0 Å². The molecule has 2 aromatic carbocycles. The van der Waals surface area contributed by atoms with Crippen LogP contribution in [-0.4, -0.2) is 49.0 Å². The Labute approximate surface area is 208 Å². The molecule has 9 heteroatoms. The van der Waals surface area contributed by atoms with Crippen molar-refractivity contribution in [1.29, 1.82) is 0 Å². The summed E-state index contributed by atoms with van der Waals surface area (Å²) in [5, 5.41) is 6.49. The van der Waals surface area contributed by atoms with Crippen LogP contribution in [0.15, 0.2) is 60.8 Å². The summed E-state index contributed by atoms with van der Waals surface area (Å²) in [5.41, 5.74) is 4.92. The average molecular weight is 486 g/mol. The zero-order chi connectivity index (χ0) is 25.8. The van der Waals surface area contributed by atoms with Crippen molar-refractivity contribution in [2.24, 2.45) is 0 Å². The highest BCUT2D eigenvalue weighted by Crippen LogP contribution is 2.19. The highest BCUT2D eigenvalue weighted by atomic mass is 16.5. The van der Waals surface area contributed by atoms with Crippen molar-refractivity contribution in [3.63, 3.8) is 0 Å². The van der Waals surface area contributed by atoms with Gasteiger partial charge in [0.25, 0.3) is 11.8 Å². The molecule has 184 valence electrons. The number of aromatic nitrogens is 2. The van der Waals surface area contributed by atoms with Gasteiger partial charge in [-0.15, -0.1) is 0 Å². The number of fused-ring (bicyclic) bond motifs is 1. The van der Waals surface area contributed by atoms with Gasteiger partial charge in [0.05, 0.1) is 7.11 Å². The lowest BCUT2D eigenvalue weighted by molar-refractivity contribution is 0.0594. The summed E-state index contributed by atoms with van der Waals surface area (Å²) >= 11 is 0. The smallest absolute Gasteiger partial charge is 0.354 e. The molecule has 2 aromatic heterocycles. The quantitative estimate of drug-likeness (QED) is 0.342. The van der Waals surface area contributed by atoms with Gasteiger partial charge in [-0.25, -0.2) is 9.78 Å². The van der Waals surface area contributed by atoms with Gasteiger partial charge in [0.1, 0.15) is 11.3 Å². The van der Waals surface area contributed by atoms with Crippen LogP contribution in [0.2, 0.25) is 0 Å². The second kappa shape index (κ2) is 10.3. The SMILES string of the molecule is COC(=O)c1cc2cc(CNC(=O)c3cc(NC(=O)c4ccc(N(C)C)cc4)ccc3C)cnc2[nH]1. The number of nitrogens with one attached hydrogen (secondary N) is 3. The van der Waals surface area contributed by atoms with Gasteiger partial charge in [-0.1, -0.05) is 6.07 Å². The molecule has 9 nitrogen and oxygen atoms in total. The Kier molecular flexibility index (Phi) is 7.00. The molecule has 0 aliphatic rings. The summed E-state index contributed by atoms with van der Waals surface area (Å²) < 4.78 is 4.72. The maximum absolute atomic E-state index is 12.9. The number of amides is 2. The fourth-order valence-electron chi connectivity index (χ4n) is 3.71. The lowest BCUT2D eigenvalue weighted by atomic mass is 10.1. The normalized spacial score (nSPS) is 10.7. The molecule has 0 spiro atoms. The molecule has 0 atom stereocenters. The molecule has 0 radical (unpaired) electrons. The van der Waals surface area contributed by atoms with E-state index in [9.17, 15) is 14.4 Å². The van der Waals surface area contributed by atoms with E-state index in [4.69, 9.17) is 4.74 Å². The predicted molar refractivity (Wildman–Crippen MR) is 139 cm³/mol. The number of rotatable bonds is 7. The van der Waals surface area contributed by atoms with Gasteiger partial charge in [-0.2, -0.15) is 0 Å². The number of aromatic amines is 1. The van der Waals surface area contributed by atoms with Crippen molar-refractivity contribution >= 4 is 40.2 Å². The number of hydrogen-bond donors (Lipinski definition) is 3. The highest BCUT2D eigenvalue weighted by molar-refractivity contribution is 6.05. The topological polar surface area (TPSA) is 116 Å². The Morgan fingerprint density at radius 3 is 2.44 bits per heavy atom. The molecule has 4 rings (SSSR count). The molecule has 0 bridgehead atoms. The average Bonchev–Trinajstić information content (AvgIpc) is 3.31. The minimum Gasteiger partial charge on any atom is -0.464 e. The van der Waals surface area contributed by atoms with E-state index in [0.29, 0.717) is 28.2 Å². The van der Waals surface area contributed by atoms with E-state index in [2.05, 4.69) is 20.6 Å². The third-order valence-electron chi connectivity index (χ3n) is 5.77. The van der Waals surface area contributed by atoms with Gasteiger partial charge in [0, 0.05) is 54.7 Å². The molecule has 0 fully saturated rings. The van der Waals surface area contributed by atoms with Crippen molar-refractivity contribution in [3.05, 3.63) is 88.7 Å². The Morgan fingerprint density at radius 1 is 1.00 bits per heavy atom. The molecule has 0 saturated carbocycles. The molecule has 0 aliphatic carbocycles. The number of pyridine rings is 1. The number of ether oxygens (including phenoxy) is 1. The largest absolute Gasteiger partial charge is 0.464 e. The van der Waals surface area contributed by atoms with Crippen molar-refractivity contribution in [2.45, 2.75) is 13.5 Å². The van der Waals surface area contributed by atoms with Crippen LogP contribution >= 0.6 is 0 Å². The number of benzene rings is 2. The molecular weight excluding hydrogens is 458 g/mol. The minimum absolute atomic E-state index is 0.245. The third kappa shape index (κ3) is 5.35. The van der Waals surface area contributed by atoms with Crippen LogP contribution < -0.4 is 15.5 Å². The molecule has 0 aliphatic heterocycles. The zero-order valence-corrected chi connectivity index (χ0v) is 20.5. The van der Waals surface area contributed by atoms with E-state index in [0.717, 1.165) is 22.2 Å². The summed E-state index contributed by atoms with van der Waals surface area (Å²) in [6, 6.07) is 16.0. The number of esters is 1. The van der Waals surface area contributed by atoms with Gasteiger partial charge in [0.15, 0.2) is 0 Å². The first kappa shape index (κ1) is 24.5. The highest BCUT2D eigenvalue weighted by Gasteiger charge is 2.14. The first-order chi connectivity index (χ1) is 17.2. The summed E-state index contributed by atoms with van der Waals surface area (Å²) in [6.45, 7) is 2.08. The first-order valence-electron chi connectivity index (χ1n) is 11.3. The van der Waals surface area contributed by atoms with Crippen molar-refractivity contribution in [1.82, 2.24) is 15.3 Å². The molecule has 2 heterocycles. The first-order valence-corrected chi connectivity index (χ1v) is 11.3. The molecule has 3 N–H and O–H groups in total. The lowest BCUT2D eigenvalue weighted by Gasteiger charge is -2.13. The molecule has 0 unspecified atom stereocenters. The second-order valence-electron chi connectivity index (χ2n) is 8.56. The van der Waals surface area contributed by atoms with Gasteiger partial charge < -0.3 is 25.3 Å². The number of nitrogens with zero attached hydrogens (tertiary/aromatic N) is 2. The fourth-order valence-corrected chi connectivity index (χ4v) is 3.71. The van der Waals surface area contributed by atoms with Crippen LogP contribution in [0, 0.1) is 6.92 Å². The Bertz CT molecular complexity index is 1440. The minimum atomic E-state index is -0.476. The predicted octanol–water partition coefficient (Wildman–Crippen LogP) is 3.91. The van der Waals surface area contributed by atoms with Gasteiger partial charge in [0.2, 0.25) is 0 Å². The standard InChI is InChI=1S/C27H27N5O4/c1-16-5-8-20(30-25(33)18-6-9-21(10-7-18)32(2)3)13-22(16)26(34)29-15-17-11-19-12-23(27(35)36-4)31-24(19)28-14-17/h5-14H,15H2,1-4H3,(H,28,31)(H,29,34)(H,30,33). The number of aryl methyl sites for hydroxylation is 1. The van der Waals surface area contributed by atoms with Crippen LogP contribution in [-0.2, 0) is 11.3 Å². The summed E-state index contributed by atoms with van der Waals surface area (Å²) in [4.78, 5) is 46.5. The molecule has 2 amide bonds. The van der Waals surface area contributed by atoms with Crippen molar-refractivity contribution in [3.8, 4) is 0 Å². The number of anilines is 2. The Balaban J connectivity index is 1.43. The summed E-state index contributed by atoms with van der Waals surface area (Å²) in [7, 11) is 5.18. The molecular formula is C27H27N5O4. The van der Waals surface area contributed by atoms with Crippen LogP contribution in [0.1, 0.15) is 42.3 Å². The molecule has 0 saturated heterocycles. The van der Waals surface area contributed by atoms with Crippen LogP contribution in [0.3, 0.4) is 0 Å². The van der Waals surface area contributed by atoms with E-state index in [1.54, 1.807) is 42.6 Å².